The van der Waals surface area contributed by atoms with Crippen LogP contribution in [0.4, 0.5) is 0 Å². The van der Waals surface area contributed by atoms with Gasteiger partial charge in [0.05, 0.1) is 58.5 Å². The molecule has 7 nitrogen and oxygen atoms in total. The Kier molecular flexibility index (Phi) is 18.5. The monoisotopic (exact) mass is 379 g/mol. The highest BCUT2D eigenvalue weighted by Crippen LogP contribution is 1.95. The molecule has 1 N–H and O–H groups in total. The standard InChI is InChI=1S/C19H39NO6.H2/c1-5-18(4)26-16-15-24-14-13-23-12-11-22-10-8-20-19(21)7-6-9-25-17(2)3;/h17-18H,5-16H2,1-4H3,(H,20,21);1H. The maximum atomic E-state index is 11.6. The highest BCUT2D eigenvalue weighted by Gasteiger charge is 2.01. The summed E-state index contributed by atoms with van der Waals surface area (Å²) in [6, 6.07) is 0. The number of amides is 1. The molecule has 1 atom stereocenters. The summed E-state index contributed by atoms with van der Waals surface area (Å²) in [5, 5.41) is 2.82. The molecule has 0 rings (SSSR count). The number of nitrogens with one attached hydrogen (secondary N) is 1. The van der Waals surface area contributed by atoms with Gasteiger partial charge in [-0.25, -0.2) is 0 Å². The molecule has 0 saturated heterocycles. The summed E-state index contributed by atoms with van der Waals surface area (Å²) in [5.74, 6) is 0.0339. The molecule has 1 amide bonds. The summed E-state index contributed by atoms with van der Waals surface area (Å²) in [6.07, 6.45) is 2.74. The molecule has 0 aromatic rings. The van der Waals surface area contributed by atoms with E-state index < -0.39 is 0 Å². The molecule has 1 unspecified atom stereocenters. The van der Waals surface area contributed by atoms with Crippen molar-refractivity contribution in [1.29, 1.82) is 0 Å². The number of carbonyl (C=O) groups excluding carboxylic acids is 1. The average molecular weight is 380 g/mol. The van der Waals surface area contributed by atoms with E-state index in [1.807, 2.05) is 13.8 Å². The highest BCUT2D eigenvalue weighted by molar-refractivity contribution is 5.75. The van der Waals surface area contributed by atoms with Gasteiger partial charge in [0.1, 0.15) is 0 Å². The minimum Gasteiger partial charge on any atom is -0.379 e. The van der Waals surface area contributed by atoms with Gasteiger partial charge in [-0.3, -0.25) is 4.79 Å². The zero-order chi connectivity index (χ0) is 19.5. The quantitative estimate of drug-likeness (QED) is 0.347. The van der Waals surface area contributed by atoms with Crippen molar-refractivity contribution in [2.24, 2.45) is 0 Å². The lowest BCUT2D eigenvalue weighted by atomic mass is 10.3. The third-order valence-corrected chi connectivity index (χ3v) is 3.52. The zero-order valence-electron chi connectivity index (χ0n) is 17.1. The first-order chi connectivity index (χ1) is 12.6. The van der Waals surface area contributed by atoms with Gasteiger partial charge < -0.3 is 29.0 Å². The molecule has 0 aliphatic carbocycles. The molecule has 0 bridgehead atoms. The Balaban J connectivity index is 0. The minimum atomic E-state index is 0. The topological polar surface area (TPSA) is 75.3 Å². The first-order valence-corrected chi connectivity index (χ1v) is 9.79. The highest BCUT2D eigenvalue weighted by atomic mass is 16.6. The van der Waals surface area contributed by atoms with Crippen LogP contribution in [0, 0.1) is 0 Å². The normalized spacial score (nSPS) is 12.5. The summed E-state index contributed by atoms with van der Waals surface area (Å²) in [5.41, 5.74) is 0. The van der Waals surface area contributed by atoms with E-state index in [0.29, 0.717) is 65.8 Å². The Morgan fingerprint density at radius 2 is 1.42 bits per heavy atom. The predicted molar refractivity (Wildman–Crippen MR) is 104 cm³/mol. The Morgan fingerprint density at radius 3 is 2.00 bits per heavy atom. The van der Waals surface area contributed by atoms with Crippen LogP contribution in [0.5, 0.6) is 0 Å². The van der Waals surface area contributed by atoms with Gasteiger partial charge in [-0.15, -0.1) is 0 Å². The average Bonchev–Trinajstić information content (AvgIpc) is 2.62. The van der Waals surface area contributed by atoms with Gasteiger partial charge in [0, 0.05) is 21.0 Å². The molecule has 0 radical (unpaired) electrons. The molecule has 7 heteroatoms. The van der Waals surface area contributed by atoms with Crippen LogP contribution in [0.25, 0.3) is 0 Å². The molecular weight excluding hydrogens is 338 g/mol. The van der Waals surface area contributed by atoms with E-state index in [1.165, 1.54) is 0 Å². The van der Waals surface area contributed by atoms with Gasteiger partial charge in [0.15, 0.2) is 0 Å². The first kappa shape index (κ1) is 25.3. The molecule has 0 aromatic heterocycles. The fourth-order valence-electron chi connectivity index (χ4n) is 1.87. The fourth-order valence-corrected chi connectivity index (χ4v) is 1.87. The summed E-state index contributed by atoms with van der Waals surface area (Å²) >= 11 is 0. The largest absolute Gasteiger partial charge is 0.379 e. The molecule has 0 fully saturated rings. The number of hydrogen-bond acceptors (Lipinski definition) is 6. The Labute approximate surface area is 160 Å². The molecule has 0 aliphatic heterocycles. The second-order valence-corrected chi connectivity index (χ2v) is 6.30. The Morgan fingerprint density at radius 1 is 0.846 bits per heavy atom. The second kappa shape index (κ2) is 19.0. The van der Waals surface area contributed by atoms with E-state index in [4.69, 9.17) is 23.7 Å². The van der Waals surface area contributed by atoms with Crippen LogP contribution in [0.15, 0.2) is 0 Å². The summed E-state index contributed by atoms with van der Waals surface area (Å²) < 4.78 is 27.1. The summed E-state index contributed by atoms with van der Waals surface area (Å²) in [4.78, 5) is 11.6. The first-order valence-electron chi connectivity index (χ1n) is 9.79. The molecule has 0 saturated carbocycles. The van der Waals surface area contributed by atoms with Crippen LogP contribution in [0.2, 0.25) is 0 Å². The van der Waals surface area contributed by atoms with Crippen molar-refractivity contribution < 1.29 is 29.9 Å². The van der Waals surface area contributed by atoms with Gasteiger partial charge in [-0.2, -0.15) is 0 Å². The Hall–Kier alpha value is -0.730. The summed E-state index contributed by atoms with van der Waals surface area (Å²) in [6.45, 7) is 13.1. The van der Waals surface area contributed by atoms with Crippen molar-refractivity contribution in [2.75, 3.05) is 59.4 Å². The van der Waals surface area contributed by atoms with Crippen LogP contribution < -0.4 is 5.32 Å². The van der Waals surface area contributed by atoms with E-state index in [1.54, 1.807) is 0 Å². The fraction of sp³-hybridized carbons (Fsp3) is 0.947. The number of hydrogen-bond donors (Lipinski definition) is 1. The lowest BCUT2D eigenvalue weighted by Gasteiger charge is -2.11. The predicted octanol–water partition coefficient (Wildman–Crippen LogP) is 2.42. The molecule has 0 aromatic carbocycles. The minimum absolute atomic E-state index is 0. The molecular formula is C19H41NO6. The third-order valence-electron chi connectivity index (χ3n) is 3.52. The lowest BCUT2D eigenvalue weighted by molar-refractivity contribution is -0.121. The van der Waals surface area contributed by atoms with Crippen molar-refractivity contribution in [3.05, 3.63) is 0 Å². The van der Waals surface area contributed by atoms with Crippen molar-refractivity contribution in [3.8, 4) is 0 Å². The summed E-state index contributed by atoms with van der Waals surface area (Å²) in [7, 11) is 0. The second-order valence-electron chi connectivity index (χ2n) is 6.30. The van der Waals surface area contributed by atoms with Crippen LogP contribution in [0.1, 0.15) is 48.4 Å². The van der Waals surface area contributed by atoms with Crippen molar-refractivity contribution >= 4 is 5.91 Å². The number of ether oxygens (including phenoxy) is 5. The number of rotatable bonds is 19. The molecule has 26 heavy (non-hydrogen) atoms. The molecule has 158 valence electrons. The van der Waals surface area contributed by atoms with Crippen LogP contribution in [-0.2, 0) is 28.5 Å². The van der Waals surface area contributed by atoms with Crippen molar-refractivity contribution in [1.82, 2.24) is 5.32 Å². The van der Waals surface area contributed by atoms with E-state index in [2.05, 4.69) is 19.2 Å². The van der Waals surface area contributed by atoms with Gasteiger partial charge >= 0.3 is 0 Å². The van der Waals surface area contributed by atoms with Crippen LogP contribution >= 0.6 is 0 Å². The molecule has 0 aliphatic rings. The van der Waals surface area contributed by atoms with Crippen molar-refractivity contribution in [2.45, 2.75) is 59.2 Å². The lowest BCUT2D eigenvalue weighted by Crippen LogP contribution is -2.27. The smallest absolute Gasteiger partial charge is 0.220 e. The zero-order valence-corrected chi connectivity index (χ0v) is 17.1. The molecule has 0 heterocycles. The third kappa shape index (κ3) is 19.6. The van der Waals surface area contributed by atoms with Gasteiger partial charge in [-0.05, 0) is 33.6 Å². The van der Waals surface area contributed by atoms with E-state index in [9.17, 15) is 4.79 Å². The Bertz CT molecular complexity index is 321. The SMILES string of the molecule is CCC(C)OCCOCCOCCOCCNC(=O)CCCOC(C)C.[HH]. The van der Waals surface area contributed by atoms with E-state index in [0.717, 1.165) is 12.8 Å². The maximum absolute atomic E-state index is 11.6. The van der Waals surface area contributed by atoms with Crippen LogP contribution in [-0.4, -0.2) is 77.5 Å². The number of carbonyl (C=O) groups is 1. The van der Waals surface area contributed by atoms with E-state index >= 15 is 0 Å². The van der Waals surface area contributed by atoms with Gasteiger partial charge in [0.25, 0.3) is 0 Å². The van der Waals surface area contributed by atoms with Gasteiger partial charge in [-0.1, -0.05) is 6.92 Å². The van der Waals surface area contributed by atoms with Gasteiger partial charge in [0.2, 0.25) is 5.91 Å². The van der Waals surface area contributed by atoms with Crippen LogP contribution in [0.3, 0.4) is 0 Å². The molecule has 0 spiro atoms. The van der Waals surface area contributed by atoms with Crippen molar-refractivity contribution in [3.63, 3.8) is 0 Å². The maximum Gasteiger partial charge on any atom is 0.220 e. The van der Waals surface area contributed by atoms with E-state index in [-0.39, 0.29) is 19.5 Å².